The van der Waals surface area contributed by atoms with Crippen LogP contribution in [0, 0.1) is 12.7 Å². The van der Waals surface area contributed by atoms with Crippen molar-refractivity contribution in [1.29, 1.82) is 0 Å². The van der Waals surface area contributed by atoms with Crippen molar-refractivity contribution in [2.75, 3.05) is 16.8 Å². The number of aryl methyl sites for hydroxylation is 1. The van der Waals surface area contributed by atoms with E-state index in [0.29, 0.717) is 22.7 Å². The van der Waals surface area contributed by atoms with E-state index in [2.05, 4.69) is 5.32 Å². The van der Waals surface area contributed by atoms with E-state index in [4.69, 9.17) is 4.74 Å². The number of ether oxygens (including phenoxy) is 1. The van der Waals surface area contributed by atoms with Gasteiger partial charge in [0, 0.05) is 11.3 Å². The molecule has 2 amide bonds. The lowest BCUT2D eigenvalue weighted by atomic mass is 10.1. The molecule has 3 aromatic carbocycles. The van der Waals surface area contributed by atoms with Crippen LogP contribution >= 0.6 is 0 Å². The van der Waals surface area contributed by atoms with Gasteiger partial charge in [0.2, 0.25) is 0 Å². The fraction of sp³-hybridized carbons (Fsp3) is 0.130. The lowest BCUT2D eigenvalue weighted by Crippen LogP contribution is -2.38. The van der Waals surface area contributed by atoms with Crippen LogP contribution in [0.15, 0.2) is 66.7 Å². The Bertz CT molecular complexity index is 1080. The maximum atomic E-state index is 13.2. The molecular weight excluding hydrogens is 371 g/mol. The van der Waals surface area contributed by atoms with E-state index in [1.165, 1.54) is 12.1 Å². The molecular formula is C23H19FN2O3. The Balaban J connectivity index is 1.61. The summed E-state index contributed by atoms with van der Waals surface area (Å²) in [7, 11) is 0. The van der Waals surface area contributed by atoms with Gasteiger partial charge in [0.15, 0.2) is 6.61 Å². The quantitative estimate of drug-likeness (QED) is 0.722. The van der Waals surface area contributed by atoms with Gasteiger partial charge in [-0.3, -0.25) is 9.59 Å². The van der Waals surface area contributed by atoms with Gasteiger partial charge in [0.05, 0.1) is 12.2 Å². The highest BCUT2D eigenvalue weighted by Crippen LogP contribution is 2.35. The van der Waals surface area contributed by atoms with Crippen molar-refractivity contribution in [3.63, 3.8) is 0 Å². The van der Waals surface area contributed by atoms with Gasteiger partial charge >= 0.3 is 0 Å². The Hall–Kier alpha value is -3.67. The Labute approximate surface area is 167 Å². The smallest absolute Gasteiger partial charge is 0.265 e. The summed E-state index contributed by atoms with van der Waals surface area (Å²) in [4.78, 5) is 26.7. The minimum Gasteiger partial charge on any atom is -0.482 e. The molecule has 0 saturated carbocycles. The summed E-state index contributed by atoms with van der Waals surface area (Å²) in [6.45, 7) is 2.09. The number of carbonyl (C=O) groups is 2. The predicted octanol–water partition coefficient (Wildman–Crippen LogP) is 4.31. The summed E-state index contributed by atoms with van der Waals surface area (Å²) < 4.78 is 18.7. The highest BCUT2D eigenvalue weighted by molar-refractivity contribution is 6.06. The van der Waals surface area contributed by atoms with Crippen LogP contribution in [-0.2, 0) is 11.3 Å². The molecule has 4 rings (SSSR count). The highest BCUT2D eigenvalue weighted by atomic mass is 19.1. The fourth-order valence-corrected chi connectivity index (χ4v) is 3.25. The van der Waals surface area contributed by atoms with E-state index < -0.39 is 0 Å². The SMILES string of the molecule is Cc1ccccc1C(=O)Nc1ccc2c(c1)N(Cc1ccc(F)cc1)C(=O)CO2. The van der Waals surface area contributed by atoms with Crippen LogP contribution in [0.4, 0.5) is 15.8 Å². The summed E-state index contributed by atoms with van der Waals surface area (Å²) in [5.41, 5.74) is 3.37. The standard InChI is InChI=1S/C23H19FN2O3/c1-15-4-2-3-5-19(15)23(28)25-18-10-11-21-20(12-18)26(22(27)14-29-21)13-16-6-8-17(24)9-7-16/h2-12H,13-14H2,1H3,(H,25,28). The van der Waals surface area contributed by atoms with Crippen LogP contribution in [-0.4, -0.2) is 18.4 Å². The molecule has 3 aromatic rings. The molecule has 1 heterocycles. The minimum absolute atomic E-state index is 0.0664. The summed E-state index contributed by atoms with van der Waals surface area (Å²) in [6.07, 6.45) is 0. The van der Waals surface area contributed by atoms with Crippen molar-refractivity contribution < 1.29 is 18.7 Å². The van der Waals surface area contributed by atoms with Crippen LogP contribution in [0.1, 0.15) is 21.5 Å². The Morgan fingerprint density at radius 3 is 2.62 bits per heavy atom. The minimum atomic E-state index is -0.330. The number of anilines is 2. The zero-order chi connectivity index (χ0) is 20.4. The third-order valence-electron chi connectivity index (χ3n) is 4.80. The lowest BCUT2D eigenvalue weighted by molar-refractivity contribution is -0.121. The second-order valence-corrected chi connectivity index (χ2v) is 6.85. The molecule has 146 valence electrons. The van der Waals surface area contributed by atoms with Gasteiger partial charge in [0.25, 0.3) is 11.8 Å². The van der Waals surface area contributed by atoms with E-state index in [9.17, 15) is 14.0 Å². The molecule has 0 bridgehead atoms. The largest absolute Gasteiger partial charge is 0.482 e. The first-order valence-electron chi connectivity index (χ1n) is 9.20. The van der Waals surface area contributed by atoms with E-state index in [1.54, 1.807) is 41.3 Å². The molecule has 0 aromatic heterocycles. The number of nitrogens with zero attached hydrogens (tertiary/aromatic N) is 1. The summed E-state index contributed by atoms with van der Waals surface area (Å²) in [5, 5.41) is 2.87. The summed E-state index contributed by atoms with van der Waals surface area (Å²) >= 11 is 0. The van der Waals surface area contributed by atoms with E-state index >= 15 is 0 Å². The first-order valence-corrected chi connectivity index (χ1v) is 9.20. The number of hydrogen-bond acceptors (Lipinski definition) is 3. The van der Waals surface area contributed by atoms with Crippen molar-refractivity contribution in [2.45, 2.75) is 13.5 Å². The maximum Gasteiger partial charge on any atom is 0.265 e. The van der Waals surface area contributed by atoms with Crippen molar-refractivity contribution in [3.05, 3.63) is 89.2 Å². The fourth-order valence-electron chi connectivity index (χ4n) is 3.25. The van der Waals surface area contributed by atoms with Gasteiger partial charge in [0.1, 0.15) is 11.6 Å². The Morgan fingerprint density at radius 2 is 1.86 bits per heavy atom. The van der Waals surface area contributed by atoms with Crippen LogP contribution in [0.2, 0.25) is 0 Å². The zero-order valence-corrected chi connectivity index (χ0v) is 15.8. The molecule has 1 N–H and O–H groups in total. The van der Waals surface area contributed by atoms with Crippen LogP contribution < -0.4 is 15.0 Å². The Kier molecular flexibility index (Phi) is 4.99. The topological polar surface area (TPSA) is 58.6 Å². The van der Waals surface area contributed by atoms with Crippen molar-refractivity contribution in [3.8, 4) is 5.75 Å². The first-order chi connectivity index (χ1) is 14.0. The number of hydrogen-bond donors (Lipinski definition) is 1. The van der Waals surface area contributed by atoms with E-state index in [1.807, 2.05) is 25.1 Å². The zero-order valence-electron chi connectivity index (χ0n) is 15.8. The molecule has 0 fully saturated rings. The van der Waals surface area contributed by atoms with Gasteiger partial charge in [-0.25, -0.2) is 4.39 Å². The van der Waals surface area contributed by atoms with Crippen molar-refractivity contribution >= 4 is 23.2 Å². The molecule has 1 aliphatic heterocycles. The molecule has 0 radical (unpaired) electrons. The van der Waals surface area contributed by atoms with Crippen LogP contribution in [0.5, 0.6) is 5.75 Å². The number of nitrogens with one attached hydrogen (secondary N) is 1. The van der Waals surface area contributed by atoms with Crippen molar-refractivity contribution in [2.24, 2.45) is 0 Å². The molecule has 0 spiro atoms. The number of halogens is 1. The number of amides is 2. The number of fused-ring (bicyclic) bond motifs is 1. The third-order valence-corrected chi connectivity index (χ3v) is 4.80. The molecule has 6 heteroatoms. The number of carbonyl (C=O) groups excluding carboxylic acids is 2. The molecule has 0 aliphatic carbocycles. The molecule has 5 nitrogen and oxygen atoms in total. The monoisotopic (exact) mass is 390 g/mol. The molecule has 0 atom stereocenters. The van der Waals surface area contributed by atoms with E-state index in [-0.39, 0.29) is 30.8 Å². The average molecular weight is 390 g/mol. The normalized spacial score (nSPS) is 12.9. The van der Waals surface area contributed by atoms with E-state index in [0.717, 1.165) is 11.1 Å². The van der Waals surface area contributed by atoms with Crippen molar-refractivity contribution in [1.82, 2.24) is 0 Å². The first kappa shape index (κ1) is 18.7. The third kappa shape index (κ3) is 3.96. The molecule has 0 unspecified atom stereocenters. The predicted molar refractivity (Wildman–Crippen MR) is 109 cm³/mol. The van der Waals surface area contributed by atoms with Gasteiger partial charge < -0.3 is 15.0 Å². The summed E-state index contributed by atoms with van der Waals surface area (Å²) in [5.74, 6) is -0.204. The molecule has 0 saturated heterocycles. The summed E-state index contributed by atoms with van der Waals surface area (Å²) in [6, 6.07) is 18.5. The highest BCUT2D eigenvalue weighted by Gasteiger charge is 2.26. The molecule has 29 heavy (non-hydrogen) atoms. The molecule has 1 aliphatic rings. The van der Waals surface area contributed by atoms with Crippen LogP contribution in [0.3, 0.4) is 0 Å². The number of benzene rings is 3. The maximum absolute atomic E-state index is 13.2. The second-order valence-electron chi connectivity index (χ2n) is 6.85. The second kappa shape index (κ2) is 7.75. The Morgan fingerprint density at radius 1 is 1.10 bits per heavy atom. The van der Waals surface area contributed by atoms with Gasteiger partial charge in [-0.1, -0.05) is 30.3 Å². The van der Waals surface area contributed by atoms with Gasteiger partial charge in [-0.05, 0) is 54.4 Å². The lowest BCUT2D eigenvalue weighted by Gasteiger charge is -2.30. The average Bonchev–Trinajstić information content (AvgIpc) is 2.72. The van der Waals surface area contributed by atoms with Gasteiger partial charge in [-0.2, -0.15) is 0 Å². The van der Waals surface area contributed by atoms with Crippen LogP contribution in [0.25, 0.3) is 0 Å². The van der Waals surface area contributed by atoms with Gasteiger partial charge in [-0.15, -0.1) is 0 Å². The number of rotatable bonds is 4.